The molecule has 0 spiro atoms. The fraction of sp³-hybridized carbons (Fsp3) is 0.417. The third-order valence-corrected chi connectivity index (χ3v) is 2.65. The van der Waals surface area contributed by atoms with Gasteiger partial charge in [-0.25, -0.2) is 0 Å². The summed E-state index contributed by atoms with van der Waals surface area (Å²) in [5.74, 6) is 1.68. The number of aldehydes is 1. The number of hydrogen-bond acceptors (Lipinski definition) is 3. The maximum Gasteiger partial charge on any atom is 0.231 e. The molecule has 3 heteroatoms. The number of benzene rings is 1. The largest absolute Gasteiger partial charge is 0.454 e. The molecule has 0 N–H and O–H groups in total. The molecule has 1 unspecified atom stereocenters. The molecule has 1 atom stereocenters. The minimum atomic E-state index is 0.102. The van der Waals surface area contributed by atoms with Crippen LogP contribution in [0.2, 0.25) is 0 Å². The predicted molar refractivity (Wildman–Crippen MR) is 56.1 cm³/mol. The molecule has 0 bridgehead atoms. The molecule has 0 aromatic heterocycles. The average molecular weight is 206 g/mol. The van der Waals surface area contributed by atoms with Gasteiger partial charge in [-0.05, 0) is 30.5 Å². The molecule has 0 saturated heterocycles. The van der Waals surface area contributed by atoms with Gasteiger partial charge in [-0.15, -0.1) is 0 Å². The van der Waals surface area contributed by atoms with E-state index in [0.29, 0.717) is 6.79 Å². The smallest absolute Gasteiger partial charge is 0.231 e. The van der Waals surface area contributed by atoms with Crippen LogP contribution in [-0.4, -0.2) is 13.1 Å². The molecule has 0 fully saturated rings. The summed E-state index contributed by atoms with van der Waals surface area (Å²) in [5.41, 5.74) is 1.12. The lowest BCUT2D eigenvalue weighted by atomic mass is 9.98. The van der Waals surface area contributed by atoms with Gasteiger partial charge in [0.2, 0.25) is 6.79 Å². The molecule has 15 heavy (non-hydrogen) atoms. The number of carbonyl (C=O) groups excluding carboxylic acids is 1. The van der Waals surface area contributed by atoms with E-state index in [2.05, 4.69) is 0 Å². The summed E-state index contributed by atoms with van der Waals surface area (Å²) in [6.45, 7) is 2.32. The first-order valence-corrected chi connectivity index (χ1v) is 5.17. The summed E-state index contributed by atoms with van der Waals surface area (Å²) in [7, 11) is 0. The molecule has 80 valence electrons. The zero-order valence-electron chi connectivity index (χ0n) is 8.73. The van der Waals surface area contributed by atoms with E-state index in [9.17, 15) is 4.79 Å². The first kappa shape index (κ1) is 10.0. The second-order valence-corrected chi connectivity index (χ2v) is 3.70. The molecule has 0 amide bonds. The van der Waals surface area contributed by atoms with Gasteiger partial charge in [-0.2, -0.15) is 0 Å². The Morgan fingerprint density at radius 1 is 1.40 bits per heavy atom. The fourth-order valence-corrected chi connectivity index (χ4v) is 1.66. The van der Waals surface area contributed by atoms with Crippen LogP contribution in [0.1, 0.15) is 18.9 Å². The van der Waals surface area contributed by atoms with Crippen LogP contribution in [0.15, 0.2) is 18.2 Å². The molecular weight excluding hydrogens is 192 g/mol. The van der Waals surface area contributed by atoms with Crippen LogP contribution in [0.4, 0.5) is 0 Å². The van der Waals surface area contributed by atoms with Crippen molar-refractivity contribution in [2.75, 3.05) is 6.79 Å². The highest BCUT2D eigenvalue weighted by Crippen LogP contribution is 2.33. The predicted octanol–water partition coefficient (Wildman–Crippen LogP) is 2.18. The van der Waals surface area contributed by atoms with Gasteiger partial charge in [-0.3, -0.25) is 0 Å². The van der Waals surface area contributed by atoms with E-state index in [1.807, 2.05) is 25.1 Å². The lowest BCUT2D eigenvalue weighted by Crippen LogP contribution is -2.04. The van der Waals surface area contributed by atoms with Gasteiger partial charge < -0.3 is 14.3 Å². The molecule has 1 heterocycles. The lowest BCUT2D eigenvalue weighted by Gasteiger charge is -2.07. The number of hydrogen-bond donors (Lipinski definition) is 0. The Kier molecular flexibility index (Phi) is 2.90. The van der Waals surface area contributed by atoms with Gasteiger partial charge in [0.05, 0.1) is 0 Å². The molecule has 0 radical (unpaired) electrons. The van der Waals surface area contributed by atoms with Crippen molar-refractivity contribution < 1.29 is 14.3 Å². The Morgan fingerprint density at radius 2 is 2.20 bits per heavy atom. The molecule has 1 aromatic carbocycles. The molecule has 1 aliphatic heterocycles. The highest BCUT2D eigenvalue weighted by atomic mass is 16.7. The van der Waals surface area contributed by atoms with Crippen LogP contribution in [-0.2, 0) is 11.2 Å². The lowest BCUT2D eigenvalue weighted by molar-refractivity contribution is -0.111. The van der Waals surface area contributed by atoms with Crippen molar-refractivity contribution in [3.63, 3.8) is 0 Å². The first-order chi connectivity index (χ1) is 7.33. The monoisotopic (exact) mass is 206 g/mol. The fourth-order valence-electron chi connectivity index (χ4n) is 1.66. The molecule has 0 aliphatic carbocycles. The number of carbonyl (C=O) groups is 1. The van der Waals surface area contributed by atoms with Gasteiger partial charge in [0.1, 0.15) is 6.29 Å². The second kappa shape index (κ2) is 4.34. The van der Waals surface area contributed by atoms with E-state index in [4.69, 9.17) is 9.47 Å². The maximum absolute atomic E-state index is 10.7. The topological polar surface area (TPSA) is 35.5 Å². The van der Waals surface area contributed by atoms with Crippen molar-refractivity contribution in [3.05, 3.63) is 23.8 Å². The van der Waals surface area contributed by atoms with E-state index in [-0.39, 0.29) is 5.92 Å². The van der Waals surface area contributed by atoms with Gasteiger partial charge in [0, 0.05) is 5.92 Å². The standard InChI is InChI=1S/C12H14O3/c1-2-9(7-13)5-10-3-4-11-12(6-10)15-8-14-11/h3-4,6-7,9H,2,5,8H2,1H3. The van der Waals surface area contributed by atoms with E-state index < -0.39 is 0 Å². The highest BCUT2D eigenvalue weighted by Gasteiger charge is 2.14. The third kappa shape index (κ3) is 2.12. The Bertz CT molecular complexity index is 360. The van der Waals surface area contributed by atoms with Crippen molar-refractivity contribution in [2.45, 2.75) is 19.8 Å². The summed E-state index contributed by atoms with van der Waals surface area (Å²) in [5, 5.41) is 0. The normalized spacial score (nSPS) is 15.0. The van der Waals surface area contributed by atoms with Gasteiger partial charge in [-0.1, -0.05) is 13.0 Å². The first-order valence-electron chi connectivity index (χ1n) is 5.17. The van der Waals surface area contributed by atoms with Gasteiger partial charge in [0.15, 0.2) is 11.5 Å². The summed E-state index contributed by atoms with van der Waals surface area (Å²) >= 11 is 0. The molecule has 3 nitrogen and oxygen atoms in total. The summed E-state index contributed by atoms with van der Waals surface area (Å²) in [4.78, 5) is 10.7. The number of ether oxygens (including phenoxy) is 2. The van der Waals surface area contributed by atoms with Crippen molar-refractivity contribution in [3.8, 4) is 11.5 Å². The molecule has 1 aliphatic rings. The molecule has 0 saturated carbocycles. The van der Waals surface area contributed by atoms with Crippen LogP contribution in [0.5, 0.6) is 11.5 Å². The summed E-state index contributed by atoms with van der Waals surface area (Å²) < 4.78 is 10.5. The minimum absolute atomic E-state index is 0.102. The molecule has 1 aromatic rings. The van der Waals surface area contributed by atoms with E-state index in [0.717, 1.165) is 36.2 Å². The van der Waals surface area contributed by atoms with Crippen LogP contribution in [0, 0.1) is 5.92 Å². The van der Waals surface area contributed by atoms with Crippen molar-refractivity contribution in [1.82, 2.24) is 0 Å². The number of rotatable bonds is 4. The van der Waals surface area contributed by atoms with Crippen molar-refractivity contribution in [2.24, 2.45) is 5.92 Å². The quantitative estimate of drug-likeness (QED) is 0.708. The van der Waals surface area contributed by atoms with Crippen LogP contribution in [0.3, 0.4) is 0 Å². The Balaban J connectivity index is 2.12. The van der Waals surface area contributed by atoms with Crippen molar-refractivity contribution in [1.29, 1.82) is 0 Å². The van der Waals surface area contributed by atoms with Crippen LogP contribution in [0.25, 0.3) is 0 Å². The van der Waals surface area contributed by atoms with Gasteiger partial charge >= 0.3 is 0 Å². The average Bonchev–Trinajstić information content (AvgIpc) is 2.73. The van der Waals surface area contributed by atoms with Crippen LogP contribution < -0.4 is 9.47 Å². The third-order valence-electron chi connectivity index (χ3n) is 2.65. The Morgan fingerprint density at radius 3 is 2.93 bits per heavy atom. The second-order valence-electron chi connectivity index (χ2n) is 3.70. The van der Waals surface area contributed by atoms with E-state index >= 15 is 0 Å². The van der Waals surface area contributed by atoms with E-state index in [1.165, 1.54) is 0 Å². The highest BCUT2D eigenvalue weighted by molar-refractivity contribution is 5.55. The SMILES string of the molecule is CCC(C=O)Cc1ccc2c(c1)OCO2. The minimum Gasteiger partial charge on any atom is -0.454 e. The summed E-state index contributed by atoms with van der Waals surface area (Å²) in [6, 6.07) is 5.84. The van der Waals surface area contributed by atoms with Crippen molar-refractivity contribution >= 4 is 6.29 Å². The zero-order valence-corrected chi connectivity index (χ0v) is 8.73. The Hall–Kier alpha value is -1.51. The van der Waals surface area contributed by atoms with Crippen LogP contribution >= 0.6 is 0 Å². The molecular formula is C12H14O3. The number of fused-ring (bicyclic) bond motifs is 1. The summed E-state index contributed by atoms with van der Waals surface area (Å²) in [6.07, 6.45) is 2.67. The van der Waals surface area contributed by atoms with E-state index in [1.54, 1.807) is 0 Å². The van der Waals surface area contributed by atoms with Gasteiger partial charge in [0.25, 0.3) is 0 Å². The Labute approximate surface area is 89.0 Å². The molecule has 2 rings (SSSR count). The zero-order chi connectivity index (χ0) is 10.7. The maximum atomic E-state index is 10.7.